The molecule has 0 bridgehead atoms. The van der Waals surface area contributed by atoms with Crippen molar-refractivity contribution in [1.29, 1.82) is 0 Å². The smallest absolute Gasteiger partial charge is 0.0358 e. The minimum atomic E-state index is 0.380. The first kappa shape index (κ1) is 18.0. The molecular formula is C18H38N2. The van der Waals surface area contributed by atoms with E-state index in [2.05, 4.69) is 52.0 Å². The molecule has 0 spiro atoms. The molecule has 0 aromatic carbocycles. The number of hydrogen-bond donors (Lipinski definition) is 1. The summed E-state index contributed by atoms with van der Waals surface area (Å²) in [5.41, 5.74) is 0.380. The molecule has 120 valence electrons. The predicted molar refractivity (Wildman–Crippen MR) is 90.2 cm³/mol. The lowest BCUT2D eigenvalue weighted by atomic mass is 9.70. The fraction of sp³-hybridized carbons (Fsp3) is 1.00. The Labute approximate surface area is 127 Å². The summed E-state index contributed by atoms with van der Waals surface area (Å²) in [5, 5.41) is 3.83. The maximum atomic E-state index is 3.83. The summed E-state index contributed by atoms with van der Waals surface area (Å²) in [6, 6.07) is 0.656. The largest absolute Gasteiger partial charge is 0.312 e. The Hall–Kier alpha value is -0.0800. The van der Waals surface area contributed by atoms with E-state index in [0.29, 0.717) is 11.6 Å². The molecule has 0 aromatic rings. The SMILES string of the molecule is CCNC(CCCC(C)C)C1(N(C)C)CCCC(C)C1. The van der Waals surface area contributed by atoms with Crippen LogP contribution in [-0.4, -0.2) is 37.1 Å². The molecule has 0 aliphatic heterocycles. The van der Waals surface area contributed by atoms with E-state index in [1.807, 2.05) is 0 Å². The third kappa shape index (κ3) is 4.73. The van der Waals surface area contributed by atoms with Crippen LogP contribution < -0.4 is 5.32 Å². The van der Waals surface area contributed by atoms with Crippen LogP contribution >= 0.6 is 0 Å². The topological polar surface area (TPSA) is 15.3 Å². The van der Waals surface area contributed by atoms with E-state index in [9.17, 15) is 0 Å². The van der Waals surface area contributed by atoms with Gasteiger partial charge in [0.15, 0.2) is 0 Å². The van der Waals surface area contributed by atoms with Crippen molar-refractivity contribution in [2.45, 2.75) is 84.2 Å². The van der Waals surface area contributed by atoms with E-state index >= 15 is 0 Å². The van der Waals surface area contributed by atoms with Crippen molar-refractivity contribution >= 4 is 0 Å². The normalized spacial score (nSPS) is 29.1. The molecule has 2 nitrogen and oxygen atoms in total. The number of nitrogens with one attached hydrogen (secondary N) is 1. The van der Waals surface area contributed by atoms with Crippen molar-refractivity contribution in [2.24, 2.45) is 11.8 Å². The highest BCUT2D eigenvalue weighted by Crippen LogP contribution is 2.39. The molecule has 0 saturated heterocycles. The van der Waals surface area contributed by atoms with Gasteiger partial charge in [0.05, 0.1) is 0 Å². The van der Waals surface area contributed by atoms with Crippen molar-refractivity contribution in [3.05, 3.63) is 0 Å². The van der Waals surface area contributed by atoms with Crippen LogP contribution in [0.2, 0.25) is 0 Å². The van der Waals surface area contributed by atoms with Gasteiger partial charge in [-0.3, -0.25) is 0 Å². The molecule has 3 unspecified atom stereocenters. The second kappa shape index (κ2) is 8.38. The third-order valence-electron chi connectivity index (χ3n) is 5.27. The van der Waals surface area contributed by atoms with Gasteiger partial charge in [0, 0.05) is 11.6 Å². The predicted octanol–water partition coefficient (Wildman–Crippen LogP) is 4.30. The average molecular weight is 283 g/mol. The highest BCUT2D eigenvalue weighted by molar-refractivity contribution is 5.01. The first-order valence-electron chi connectivity index (χ1n) is 8.83. The zero-order valence-corrected chi connectivity index (χ0v) is 14.8. The fourth-order valence-corrected chi connectivity index (χ4v) is 4.14. The standard InChI is InChI=1S/C18H38N2/c1-7-19-17(12-8-10-15(2)3)18(20(5)6)13-9-11-16(4)14-18/h15-17,19H,7-14H2,1-6H3. The van der Waals surface area contributed by atoms with Gasteiger partial charge in [0.1, 0.15) is 0 Å². The minimum Gasteiger partial charge on any atom is -0.312 e. The van der Waals surface area contributed by atoms with Crippen molar-refractivity contribution in [3.63, 3.8) is 0 Å². The van der Waals surface area contributed by atoms with E-state index in [1.165, 1.54) is 44.9 Å². The average Bonchev–Trinajstić information content (AvgIpc) is 2.37. The zero-order valence-electron chi connectivity index (χ0n) is 14.8. The molecule has 1 fully saturated rings. The summed E-state index contributed by atoms with van der Waals surface area (Å²) >= 11 is 0. The number of rotatable bonds is 8. The molecule has 1 rings (SSSR count). The molecule has 0 heterocycles. The molecule has 0 aromatic heterocycles. The van der Waals surface area contributed by atoms with Crippen molar-refractivity contribution in [2.75, 3.05) is 20.6 Å². The minimum absolute atomic E-state index is 0.380. The van der Waals surface area contributed by atoms with Crippen molar-refractivity contribution < 1.29 is 0 Å². The van der Waals surface area contributed by atoms with E-state index in [4.69, 9.17) is 0 Å². The second-order valence-corrected chi connectivity index (χ2v) is 7.63. The molecule has 1 saturated carbocycles. The lowest BCUT2D eigenvalue weighted by molar-refractivity contribution is 0.0337. The van der Waals surface area contributed by atoms with E-state index in [0.717, 1.165) is 18.4 Å². The number of likely N-dealkylation sites (N-methyl/N-ethyl adjacent to an activating group) is 2. The van der Waals surface area contributed by atoms with Gasteiger partial charge in [-0.2, -0.15) is 0 Å². The Bertz CT molecular complexity index is 262. The highest BCUT2D eigenvalue weighted by Gasteiger charge is 2.42. The molecule has 1 aliphatic rings. The Balaban J connectivity index is 2.76. The molecular weight excluding hydrogens is 244 g/mol. The maximum Gasteiger partial charge on any atom is 0.0358 e. The molecule has 1 aliphatic carbocycles. The van der Waals surface area contributed by atoms with Crippen LogP contribution in [0.5, 0.6) is 0 Å². The van der Waals surface area contributed by atoms with E-state index < -0.39 is 0 Å². The van der Waals surface area contributed by atoms with Crippen molar-refractivity contribution in [3.8, 4) is 0 Å². The highest BCUT2D eigenvalue weighted by atomic mass is 15.2. The van der Waals surface area contributed by atoms with Gasteiger partial charge in [0.2, 0.25) is 0 Å². The summed E-state index contributed by atoms with van der Waals surface area (Å²) in [6.45, 7) is 10.5. The Morgan fingerprint density at radius 2 is 1.95 bits per heavy atom. The van der Waals surface area contributed by atoms with Crippen LogP contribution in [-0.2, 0) is 0 Å². The molecule has 20 heavy (non-hydrogen) atoms. The van der Waals surface area contributed by atoms with Crippen LogP contribution in [0.1, 0.15) is 72.6 Å². The monoisotopic (exact) mass is 282 g/mol. The zero-order chi connectivity index (χ0) is 15.2. The van der Waals surface area contributed by atoms with Crippen LogP contribution in [0, 0.1) is 11.8 Å². The first-order chi connectivity index (χ1) is 9.42. The van der Waals surface area contributed by atoms with Gasteiger partial charge in [-0.25, -0.2) is 0 Å². The van der Waals surface area contributed by atoms with E-state index in [1.54, 1.807) is 0 Å². The summed E-state index contributed by atoms with van der Waals surface area (Å²) in [4.78, 5) is 2.53. The van der Waals surface area contributed by atoms with Gasteiger partial charge in [-0.1, -0.05) is 53.4 Å². The lowest BCUT2D eigenvalue weighted by Crippen LogP contribution is -2.60. The van der Waals surface area contributed by atoms with Crippen LogP contribution in [0.4, 0.5) is 0 Å². The third-order valence-corrected chi connectivity index (χ3v) is 5.27. The van der Waals surface area contributed by atoms with Gasteiger partial charge >= 0.3 is 0 Å². The van der Waals surface area contributed by atoms with Gasteiger partial charge in [0.25, 0.3) is 0 Å². The first-order valence-corrected chi connectivity index (χ1v) is 8.83. The molecule has 0 amide bonds. The maximum absolute atomic E-state index is 3.83. The van der Waals surface area contributed by atoms with E-state index in [-0.39, 0.29) is 0 Å². The van der Waals surface area contributed by atoms with Gasteiger partial charge < -0.3 is 10.2 Å². The second-order valence-electron chi connectivity index (χ2n) is 7.63. The Morgan fingerprint density at radius 1 is 1.25 bits per heavy atom. The van der Waals surface area contributed by atoms with Gasteiger partial charge in [-0.15, -0.1) is 0 Å². The summed E-state index contributed by atoms with van der Waals surface area (Å²) in [7, 11) is 4.59. The summed E-state index contributed by atoms with van der Waals surface area (Å²) in [5.74, 6) is 1.70. The Morgan fingerprint density at radius 3 is 2.45 bits per heavy atom. The van der Waals surface area contributed by atoms with Crippen LogP contribution in [0.25, 0.3) is 0 Å². The van der Waals surface area contributed by atoms with Crippen LogP contribution in [0.15, 0.2) is 0 Å². The summed E-state index contributed by atoms with van der Waals surface area (Å²) < 4.78 is 0. The van der Waals surface area contributed by atoms with Crippen LogP contribution in [0.3, 0.4) is 0 Å². The lowest BCUT2D eigenvalue weighted by Gasteiger charge is -2.50. The van der Waals surface area contributed by atoms with Crippen molar-refractivity contribution in [1.82, 2.24) is 10.2 Å². The molecule has 2 heteroatoms. The number of hydrogen-bond acceptors (Lipinski definition) is 2. The molecule has 1 N–H and O–H groups in total. The fourth-order valence-electron chi connectivity index (χ4n) is 4.14. The Kier molecular flexibility index (Phi) is 7.53. The summed E-state index contributed by atoms with van der Waals surface area (Å²) in [6.07, 6.45) is 9.59. The van der Waals surface area contributed by atoms with Gasteiger partial charge in [-0.05, 0) is 51.7 Å². The quantitative estimate of drug-likeness (QED) is 0.714. The number of nitrogens with zero attached hydrogens (tertiary/aromatic N) is 1. The molecule has 0 radical (unpaired) electrons. The molecule has 3 atom stereocenters.